The molecular formula is C16H16ClN. The van der Waals surface area contributed by atoms with E-state index in [4.69, 9.17) is 11.6 Å². The molecule has 0 aliphatic carbocycles. The molecule has 2 aromatic carbocycles. The van der Waals surface area contributed by atoms with Gasteiger partial charge in [0, 0.05) is 17.6 Å². The molecule has 1 heterocycles. The van der Waals surface area contributed by atoms with Gasteiger partial charge in [0.1, 0.15) is 0 Å². The lowest BCUT2D eigenvalue weighted by Crippen LogP contribution is -2.14. The fraction of sp³-hybridized carbons (Fsp3) is 0.250. The summed E-state index contributed by atoms with van der Waals surface area (Å²) in [6.45, 7) is 3.03. The van der Waals surface area contributed by atoms with E-state index in [1.54, 1.807) is 0 Å². The Kier molecular flexibility index (Phi) is 3.11. The van der Waals surface area contributed by atoms with Crippen LogP contribution in [0.5, 0.6) is 0 Å². The van der Waals surface area contributed by atoms with E-state index in [9.17, 15) is 0 Å². The van der Waals surface area contributed by atoms with Gasteiger partial charge in [0.2, 0.25) is 0 Å². The summed E-state index contributed by atoms with van der Waals surface area (Å²) in [7, 11) is 0. The Hall–Kier alpha value is -1.31. The summed E-state index contributed by atoms with van der Waals surface area (Å²) in [4.78, 5) is 0. The Morgan fingerprint density at radius 3 is 2.89 bits per heavy atom. The molecule has 0 saturated heterocycles. The smallest absolute Gasteiger partial charge is 0.0441 e. The van der Waals surface area contributed by atoms with Crippen LogP contribution in [0.1, 0.15) is 28.3 Å². The second-order valence-electron chi connectivity index (χ2n) is 4.93. The maximum Gasteiger partial charge on any atom is 0.0441 e. The third kappa shape index (κ3) is 2.16. The van der Waals surface area contributed by atoms with Gasteiger partial charge in [-0.05, 0) is 41.7 Å². The van der Waals surface area contributed by atoms with Crippen molar-refractivity contribution in [2.75, 3.05) is 0 Å². The summed E-state index contributed by atoms with van der Waals surface area (Å²) in [5.74, 6) is 0. The quantitative estimate of drug-likeness (QED) is 0.856. The average Bonchev–Trinajstić information content (AvgIpc) is 2.76. The maximum absolute atomic E-state index is 6.31. The van der Waals surface area contributed by atoms with Gasteiger partial charge in [-0.3, -0.25) is 0 Å². The van der Waals surface area contributed by atoms with Crippen LogP contribution < -0.4 is 5.32 Å². The van der Waals surface area contributed by atoms with Gasteiger partial charge in [-0.15, -0.1) is 0 Å². The van der Waals surface area contributed by atoms with Gasteiger partial charge in [0.25, 0.3) is 0 Å². The zero-order valence-electron chi connectivity index (χ0n) is 10.4. The average molecular weight is 258 g/mol. The number of benzene rings is 2. The van der Waals surface area contributed by atoms with Gasteiger partial charge >= 0.3 is 0 Å². The Morgan fingerprint density at radius 1 is 1.22 bits per heavy atom. The van der Waals surface area contributed by atoms with Crippen molar-refractivity contribution >= 4 is 11.6 Å². The molecule has 1 aliphatic rings. The summed E-state index contributed by atoms with van der Waals surface area (Å²) in [5, 5.41) is 4.43. The molecule has 92 valence electrons. The summed E-state index contributed by atoms with van der Waals surface area (Å²) < 4.78 is 0. The number of nitrogens with one attached hydrogen (secondary N) is 1. The molecule has 2 heteroatoms. The number of hydrogen-bond acceptors (Lipinski definition) is 1. The first-order valence-corrected chi connectivity index (χ1v) is 6.68. The van der Waals surface area contributed by atoms with Crippen molar-refractivity contribution in [1.29, 1.82) is 0 Å². The second kappa shape index (κ2) is 4.75. The Morgan fingerprint density at radius 2 is 2.06 bits per heavy atom. The minimum absolute atomic E-state index is 0.390. The molecule has 0 aromatic heterocycles. The van der Waals surface area contributed by atoms with E-state index < -0.39 is 0 Å². The largest absolute Gasteiger partial charge is 0.306 e. The SMILES string of the molecule is Cc1ccc(CC2NCc3ccccc32)c(Cl)c1. The number of hydrogen-bond donors (Lipinski definition) is 1. The minimum Gasteiger partial charge on any atom is -0.306 e. The molecule has 0 bridgehead atoms. The molecule has 1 atom stereocenters. The predicted octanol–water partition coefficient (Wildman–Crippen LogP) is 4.04. The molecule has 3 rings (SSSR count). The first-order valence-electron chi connectivity index (χ1n) is 6.30. The Bertz CT molecular complexity index is 577. The molecular weight excluding hydrogens is 242 g/mol. The zero-order chi connectivity index (χ0) is 12.5. The van der Waals surface area contributed by atoms with E-state index in [0.717, 1.165) is 18.0 Å². The predicted molar refractivity (Wildman–Crippen MR) is 75.9 cm³/mol. The monoisotopic (exact) mass is 257 g/mol. The first kappa shape index (κ1) is 11.8. The third-order valence-electron chi connectivity index (χ3n) is 3.60. The van der Waals surface area contributed by atoms with E-state index in [2.05, 4.69) is 48.6 Å². The minimum atomic E-state index is 0.390. The van der Waals surface area contributed by atoms with Crippen LogP contribution in [0.15, 0.2) is 42.5 Å². The Balaban J connectivity index is 1.86. The van der Waals surface area contributed by atoms with Gasteiger partial charge in [-0.2, -0.15) is 0 Å². The third-order valence-corrected chi connectivity index (χ3v) is 3.95. The fourth-order valence-electron chi connectivity index (χ4n) is 2.60. The maximum atomic E-state index is 6.31. The molecule has 18 heavy (non-hydrogen) atoms. The van der Waals surface area contributed by atoms with Gasteiger partial charge in [0.05, 0.1) is 0 Å². The molecule has 0 amide bonds. The summed E-state index contributed by atoms with van der Waals surface area (Å²) in [6, 6.07) is 15.3. The molecule has 1 N–H and O–H groups in total. The normalized spacial score (nSPS) is 17.8. The number of halogens is 1. The van der Waals surface area contributed by atoms with Gasteiger partial charge in [0.15, 0.2) is 0 Å². The van der Waals surface area contributed by atoms with Crippen LogP contribution in [-0.2, 0) is 13.0 Å². The van der Waals surface area contributed by atoms with Crippen LogP contribution in [0, 0.1) is 6.92 Å². The van der Waals surface area contributed by atoms with E-state index in [-0.39, 0.29) is 0 Å². The van der Waals surface area contributed by atoms with Gasteiger partial charge < -0.3 is 5.32 Å². The van der Waals surface area contributed by atoms with Crippen molar-refractivity contribution in [2.24, 2.45) is 0 Å². The van der Waals surface area contributed by atoms with Crippen molar-refractivity contribution in [3.05, 3.63) is 69.7 Å². The highest BCUT2D eigenvalue weighted by Gasteiger charge is 2.21. The van der Waals surface area contributed by atoms with Crippen molar-refractivity contribution in [3.8, 4) is 0 Å². The van der Waals surface area contributed by atoms with Crippen LogP contribution in [-0.4, -0.2) is 0 Å². The number of aryl methyl sites for hydroxylation is 1. The standard InChI is InChI=1S/C16H16ClN/c1-11-6-7-12(15(17)8-11)9-16-14-5-3-2-4-13(14)10-18-16/h2-8,16,18H,9-10H2,1H3. The number of rotatable bonds is 2. The van der Waals surface area contributed by atoms with Gasteiger partial charge in [-0.25, -0.2) is 0 Å². The molecule has 1 aliphatic heterocycles. The van der Waals surface area contributed by atoms with Crippen molar-refractivity contribution in [2.45, 2.75) is 25.9 Å². The van der Waals surface area contributed by atoms with Crippen LogP contribution in [0.3, 0.4) is 0 Å². The highest BCUT2D eigenvalue weighted by Crippen LogP contribution is 2.30. The highest BCUT2D eigenvalue weighted by molar-refractivity contribution is 6.31. The zero-order valence-corrected chi connectivity index (χ0v) is 11.2. The summed E-state index contributed by atoms with van der Waals surface area (Å²) >= 11 is 6.31. The van der Waals surface area contributed by atoms with Crippen molar-refractivity contribution < 1.29 is 0 Å². The summed E-state index contributed by atoms with van der Waals surface area (Å²) in [6.07, 6.45) is 0.954. The lowest BCUT2D eigenvalue weighted by molar-refractivity contribution is 0.581. The number of fused-ring (bicyclic) bond motifs is 1. The molecule has 2 aromatic rings. The second-order valence-corrected chi connectivity index (χ2v) is 5.34. The fourth-order valence-corrected chi connectivity index (χ4v) is 2.91. The van der Waals surface area contributed by atoms with Crippen molar-refractivity contribution in [3.63, 3.8) is 0 Å². The Labute approximate surface area is 113 Å². The molecule has 0 spiro atoms. The van der Waals surface area contributed by atoms with E-state index in [1.807, 2.05) is 6.07 Å². The molecule has 1 nitrogen and oxygen atoms in total. The van der Waals surface area contributed by atoms with Crippen LogP contribution >= 0.6 is 11.6 Å². The van der Waals surface area contributed by atoms with E-state index >= 15 is 0 Å². The lowest BCUT2D eigenvalue weighted by atomic mass is 9.98. The van der Waals surface area contributed by atoms with Crippen LogP contribution in [0.25, 0.3) is 0 Å². The van der Waals surface area contributed by atoms with Crippen LogP contribution in [0.2, 0.25) is 5.02 Å². The van der Waals surface area contributed by atoms with Gasteiger partial charge in [-0.1, -0.05) is 48.0 Å². The highest BCUT2D eigenvalue weighted by atomic mass is 35.5. The van der Waals surface area contributed by atoms with Crippen molar-refractivity contribution in [1.82, 2.24) is 5.32 Å². The molecule has 0 radical (unpaired) electrons. The summed E-state index contributed by atoms with van der Waals surface area (Å²) in [5.41, 5.74) is 5.25. The van der Waals surface area contributed by atoms with E-state index in [1.165, 1.54) is 22.3 Å². The topological polar surface area (TPSA) is 12.0 Å². The van der Waals surface area contributed by atoms with Crippen LogP contribution in [0.4, 0.5) is 0 Å². The van der Waals surface area contributed by atoms with E-state index in [0.29, 0.717) is 6.04 Å². The molecule has 0 saturated carbocycles. The first-order chi connectivity index (χ1) is 8.74. The lowest BCUT2D eigenvalue weighted by Gasteiger charge is -2.13. The molecule has 1 unspecified atom stereocenters. The molecule has 0 fully saturated rings.